The van der Waals surface area contributed by atoms with Crippen LogP contribution >= 0.6 is 11.6 Å². The first-order valence-corrected chi connectivity index (χ1v) is 9.52. The van der Waals surface area contributed by atoms with E-state index in [1.807, 2.05) is 60.7 Å². The Morgan fingerprint density at radius 2 is 1.73 bits per heavy atom. The number of aromatic nitrogens is 3. The molecular formula is C22H18ClN3O4. The average molecular weight is 424 g/mol. The third-order valence-electron chi connectivity index (χ3n) is 4.68. The van der Waals surface area contributed by atoms with E-state index in [1.165, 1.54) is 4.68 Å². The highest BCUT2D eigenvalue weighted by Crippen LogP contribution is 2.25. The van der Waals surface area contributed by atoms with Gasteiger partial charge in [-0.1, -0.05) is 41.1 Å². The summed E-state index contributed by atoms with van der Waals surface area (Å²) in [5, 5.41) is 19.9. The Morgan fingerprint density at radius 3 is 2.47 bits per heavy atom. The molecule has 4 aromatic rings. The molecule has 0 bridgehead atoms. The number of aromatic carboxylic acids is 1. The molecule has 1 N–H and O–H groups in total. The van der Waals surface area contributed by atoms with E-state index in [1.54, 1.807) is 7.11 Å². The zero-order chi connectivity index (χ0) is 21.1. The molecule has 4 rings (SSSR count). The lowest BCUT2D eigenvalue weighted by molar-refractivity contribution is 0.0687. The molecule has 0 amide bonds. The van der Waals surface area contributed by atoms with Crippen LogP contribution < -0.4 is 9.47 Å². The van der Waals surface area contributed by atoms with Crippen molar-refractivity contribution in [2.45, 2.75) is 13.2 Å². The third kappa shape index (κ3) is 4.21. The third-order valence-corrected chi connectivity index (χ3v) is 4.92. The van der Waals surface area contributed by atoms with Crippen LogP contribution in [0, 0.1) is 0 Å². The molecular weight excluding hydrogens is 406 g/mol. The molecule has 1 aromatic heterocycles. The standard InChI is InChI=1S/C22H18ClN3O4/c1-29-18-7-2-14(3-8-18)12-26-20(21(22(27)28)24-25-26)13-30-19-9-5-15-10-17(23)6-4-16(15)11-19/h2-11H,12-13H2,1H3,(H,27,28). The summed E-state index contributed by atoms with van der Waals surface area (Å²) in [5.41, 5.74) is 1.19. The van der Waals surface area contributed by atoms with E-state index in [-0.39, 0.29) is 12.3 Å². The first-order chi connectivity index (χ1) is 14.5. The van der Waals surface area contributed by atoms with Gasteiger partial charge >= 0.3 is 5.97 Å². The van der Waals surface area contributed by atoms with Crippen LogP contribution in [0.15, 0.2) is 60.7 Å². The summed E-state index contributed by atoms with van der Waals surface area (Å²) in [4.78, 5) is 11.6. The van der Waals surface area contributed by atoms with E-state index < -0.39 is 5.97 Å². The molecule has 3 aromatic carbocycles. The molecule has 152 valence electrons. The van der Waals surface area contributed by atoms with Crippen molar-refractivity contribution in [3.8, 4) is 11.5 Å². The summed E-state index contributed by atoms with van der Waals surface area (Å²) in [6.07, 6.45) is 0. The maximum atomic E-state index is 11.6. The van der Waals surface area contributed by atoms with Crippen LogP contribution in [-0.2, 0) is 13.2 Å². The molecule has 7 nitrogen and oxygen atoms in total. The SMILES string of the molecule is COc1ccc(Cn2nnc(C(=O)O)c2COc2ccc3cc(Cl)ccc3c2)cc1. The van der Waals surface area contributed by atoms with Gasteiger partial charge in [0.15, 0.2) is 5.69 Å². The van der Waals surface area contributed by atoms with Gasteiger partial charge in [0.1, 0.15) is 23.8 Å². The zero-order valence-corrected chi connectivity index (χ0v) is 16.8. The fraction of sp³-hybridized carbons (Fsp3) is 0.136. The van der Waals surface area contributed by atoms with Crippen molar-refractivity contribution >= 4 is 28.3 Å². The average Bonchev–Trinajstić information content (AvgIpc) is 3.15. The molecule has 8 heteroatoms. The fourth-order valence-electron chi connectivity index (χ4n) is 3.11. The zero-order valence-electron chi connectivity index (χ0n) is 16.1. The van der Waals surface area contributed by atoms with E-state index in [4.69, 9.17) is 21.1 Å². The number of ether oxygens (including phenoxy) is 2. The predicted octanol–water partition coefficient (Wildman–Crippen LogP) is 4.42. The normalized spacial score (nSPS) is 10.9. The van der Waals surface area contributed by atoms with Gasteiger partial charge < -0.3 is 14.6 Å². The monoisotopic (exact) mass is 423 g/mol. The molecule has 0 atom stereocenters. The summed E-state index contributed by atoms with van der Waals surface area (Å²) >= 11 is 6.02. The second kappa shape index (κ2) is 8.42. The molecule has 0 unspecified atom stereocenters. The highest BCUT2D eigenvalue weighted by molar-refractivity contribution is 6.31. The van der Waals surface area contributed by atoms with Crippen molar-refractivity contribution in [1.29, 1.82) is 0 Å². The number of rotatable bonds is 7. The summed E-state index contributed by atoms with van der Waals surface area (Å²) in [7, 11) is 1.60. The van der Waals surface area contributed by atoms with Crippen molar-refractivity contribution < 1.29 is 19.4 Å². The van der Waals surface area contributed by atoms with Crippen LogP contribution in [0.5, 0.6) is 11.5 Å². The lowest BCUT2D eigenvalue weighted by atomic mass is 10.1. The number of carboxylic acid groups (broad SMARTS) is 1. The maximum absolute atomic E-state index is 11.6. The number of fused-ring (bicyclic) bond motifs is 1. The Morgan fingerprint density at radius 1 is 1.03 bits per heavy atom. The van der Waals surface area contributed by atoms with E-state index in [9.17, 15) is 9.90 Å². The smallest absolute Gasteiger partial charge is 0.358 e. The molecule has 0 aliphatic carbocycles. The Hall–Kier alpha value is -3.58. The molecule has 30 heavy (non-hydrogen) atoms. The van der Waals surface area contributed by atoms with Crippen LogP contribution in [0.2, 0.25) is 5.02 Å². The lowest BCUT2D eigenvalue weighted by Gasteiger charge is -2.10. The number of halogens is 1. The minimum Gasteiger partial charge on any atom is -0.497 e. The maximum Gasteiger partial charge on any atom is 0.358 e. The summed E-state index contributed by atoms with van der Waals surface area (Å²) in [6.45, 7) is 0.378. The van der Waals surface area contributed by atoms with Gasteiger partial charge in [-0.2, -0.15) is 0 Å². The van der Waals surface area contributed by atoms with Gasteiger partial charge in [-0.15, -0.1) is 5.10 Å². The predicted molar refractivity (Wildman–Crippen MR) is 112 cm³/mol. The quantitative estimate of drug-likeness (QED) is 0.473. The van der Waals surface area contributed by atoms with Gasteiger partial charge in [-0.3, -0.25) is 0 Å². The minimum absolute atomic E-state index is 0.0177. The molecule has 1 heterocycles. The lowest BCUT2D eigenvalue weighted by Crippen LogP contribution is -2.12. The van der Waals surface area contributed by atoms with Gasteiger partial charge in [-0.25, -0.2) is 9.48 Å². The molecule has 0 fully saturated rings. The number of benzene rings is 3. The van der Waals surface area contributed by atoms with Gasteiger partial charge in [-0.05, 0) is 52.7 Å². The van der Waals surface area contributed by atoms with E-state index >= 15 is 0 Å². The molecule has 0 saturated heterocycles. The van der Waals surface area contributed by atoms with E-state index in [0.29, 0.717) is 23.0 Å². The number of carbonyl (C=O) groups is 1. The minimum atomic E-state index is -1.15. The van der Waals surface area contributed by atoms with Crippen molar-refractivity contribution in [3.05, 3.63) is 82.6 Å². The molecule has 0 spiro atoms. The summed E-state index contributed by atoms with van der Waals surface area (Å²) in [6, 6.07) is 18.6. The largest absolute Gasteiger partial charge is 0.497 e. The van der Waals surface area contributed by atoms with Crippen LogP contribution in [0.1, 0.15) is 21.7 Å². The van der Waals surface area contributed by atoms with Gasteiger partial charge in [0.25, 0.3) is 0 Å². The Bertz CT molecular complexity index is 1200. The molecule has 0 aliphatic heterocycles. The highest BCUT2D eigenvalue weighted by Gasteiger charge is 2.20. The van der Waals surface area contributed by atoms with Crippen molar-refractivity contribution in [2.75, 3.05) is 7.11 Å². The van der Waals surface area contributed by atoms with Crippen molar-refractivity contribution in [3.63, 3.8) is 0 Å². The Kier molecular flexibility index (Phi) is 5.54. The molecule has 0 saturated carbocycles. The van der Waals surface area contributed by atoms with Crippen LogP contribution in [0.25, 0.3) is 10.8 Å². The van der Waals surface area contributed by atoms with Crippen LogP contribution in [-0.4, -0.2) is 33.2 Å². The van der Waals surface area contributed by atoms with Crippen LogP contribution in [0.4, 0.5) is 0 Å². The number of hydrogen-bond donors (Lipinski definition) is 1. The summed E-state index contributed by atoms with van der Waals surface area (Å²) < 4.78 is 12.6. The second-order valence-corrected chi connectivity index (χ2v) is 7.07. The van der Waals surface area contributed by atoms with Crippen molar-refractivity contribution in [2.24, 2.45) is 0 Å². The van der Waals surface area contributed by atoms with Gasteiger partial charge in [0.05, 0.1) is 13.7 Å². The highest BCUT2D eigenvalue weighted by atomic mass is 35.5. The fourth-order valence-corrected chi connectivity index (χ4v) is 3.29. The van der Waals surface area contributed by atoms with E-state index in [2.05, 4.69) is 10.3 Å². The molecule has 0 aliphatic rings. The first-order valence-electron chi connectivity index (χ1n) is 9.14. The number of nitrogens with zero attached hydrogens (tertiary/aromatic N) is 3. The van der Waals surface area contributed by atoms with Crippen molar-refractivity contribution in [1.82, 2.24) is 15.0 Å². The number of hydrogen-bond acceptors (Lipinski definition) is 5. The van der Waals surface area contributed by atoms with E-state index in [0.717, 1.165) is 22.1 Å². The van der Waals surface area contributed by atoms with Gasteiger partial charge in [0.2, 0.25) is 0 Å². The second-order valence-electron chi connectivity index (χ2n) is 6.64. The number of methoxy groups -OCH3 is 1. The van der Waals surface area contributed by atoms with Crippen LogP contribution in [0.3, 0.4) is 0 Å². The first kappa shape index (κ1) is 19.7. The Balaban J connectivity index is 1.57. The Labute approximate surface area is 177 Å². The van der Waals surface area contributed by atoms with Gasteiger partial charge in [0, 0.05) is 5.02 Å². The topological polar surface area (TPSA) is 86.5 Å². The summed E-state index contributed by atoms with van der Waals surface area (Å²) in [5.74, 6) is 0.200. The number of carboxylic acids is 1. The molecule has 0 radical (unpaired) electrons.